The highest BCUT2D eigenvalue weighted by molar-refractivity contribution is 9.10. The van der Waals surface area contributed by atoms with Crippen molar-refractivity contribution in [3.63, 3.8) is 0 Å². The molecule has 0 saturated carbocycles. The zero-order valence-corrected chi connectivity index (χ0v) is 19.9. The maximum Gasteiger partial charge on any atom is 0.0976 e. The molecular formula is C26H38BrNO2. The fraction of sp³-hybridized carbons (Fsp3) is 0.538. The van der Waals surface area contributed by atoms with E-state index in [2.05, 4.69) is 64.6 Å². The summed E-state index contributed by atoms with van der Waals surface area (Å²) in [5.41, 5.74) is 1.21. The van der Waals surface area contributed by atoms with Crippen molar-refractivity contribution < 1.29 is 10.2 Å². The Morgan fingerprint density at radius 1 is 0.900 bits per heavy atom. The van der Waals surface area contributed by atoms with E-state index < -0.39 is 5.60 Å². The van der Waals surface area contributed by atoms with E-state index in [1.165, 1.54) is 19.3 Å². The Balaban J connectivity index is 2.26. The van der Waals surface area contributed by atoms with Crippen molar-refractivity contribution in [2.45, 2.75) is 69.8 Å². The van der Waals surface area contributed by atoms with Crippen molar-refractivity contribution >= 4 is 15.9 Å². The Labute approximate surface area is 191 Å². The number of halogens is 1. The van der Waals surface area contributed by atoms with Crippen LogP contribution in [-0.2, 0) is 5.60 Å². The third kappa shape index (κ3) is 7.81. The summed E-state index contributed by atoms with van der Waals surface area (Å²) in [7, 11) is 0. The minimum atomic E-state index is -0.932. The second kappa shape index (κ2) is 14.0. The van der Waals surface area contributed by atoms with Crippen LogP contribution < -0.4 is 5.32 Å². The van der Waals surface area contributed by atoms with Crippen molar-refractivity contribution in [2.75, 3.05) is 19.7 Å². The monoisotopic (exact) mass is 475 g/mol. The standard InChI is InChI=1S/C26H38BrNO2/c1-2-3-4-5-9-18-26(30,23-14-16-24(27)17-15-23)25(21-28-19-10-11-20-29)22-12-7-6-8-13-22/h6-8,12-17,25,28-30H,2-5,9-11,18-21H2,1H3/t25-,26+/m1/s1. The van der Waals surface area contributed by atoms with Gasteiger partial charge < -0.3 is 15.5 Å². The van der Waals surface area contributed by atoms with Gasteiger partial charge in [-0.05, 0) is 49.1 Å². The average molecular weight is 476 g/mol. The van der Waals surface area contributed by atoms with Gasteiger partial charge in [0.05, 0.1) is 5.60 Å². The molecule has 2 atom stereocenters. The molecule has 4 heteroatoms. The highest BCUT2D eigenvalue weighted by Gasteiger charge is 2.38. The summed E-state index contributed by atoms with van der Waals surface area (Å²) in [5.74, 6) is -0.0415. The van der Waals surface area contributed by atoms with Gasteiger partial charge in [0.15, 0.2) is 0 Å². The Morgan fingerprint density at radius 3 is 2.27 bits per heavy atom. The molecule has 2 rings (SSSR count). The molecule has 0 aromatic heterocycles. The third-order valence-corrected chi connectivity index (χ3v) is 6.42. The van der Waals surface area contributed by atoms with Crippen molar-refractivity contribution in [2.24, 2.45) is 0 Å². The summed E-state index contributed by atoms with van der Waals surface area (Å²) in [6.45, 7) is 4.00. The molecule has 166 valence electrons. The van der Waals surface area contributed by atoms with Gasteiger partial charge in [0.2, 0.25) is 0 Å². The van der Waals surface area contributed by atoms with E-state index in [1.807, 2.05) is 18.2 Å². The molecule has 30 heavy (non-hydrogen) atoms. The Kier molecular flexibility index (Phi) is 11.7. The van der Waals surface area contributed by atoms with Crippen LogP contribution in [0, 0.1) is 0 Å². The average Bonchev–Trinajstić information content (AvgIpc) is 2.77. The van der Waals surface area contributed by atoms with Crippen LogP contribution in [-0.4, -0.2) is 29.9 Å². The van der Waals surface area contributed by atoms with E-state index in [1.54, 1.807) is 0 Å². The smallest absolute Gasteiger partial charge is 0.0976 e. The predicted octanol–water partition coefficient (Wildman–Crippen LogP) is 6.14. The van der Waals surface area contributed by atoms with Gasteiger partial charge in [0.1, 0.15) is 0 Å². The first-order chi connectivity index (χ1) is 14.6. The molecule has 0 aliphatic heterocycles. The molecular weight excluding hydrogens is 438 g/mol. The summed E-state index contributed by atoms with van der Waals surface area (Å²) in [6.07, 6.45) is 8.35. The topological polar surface area (TPSA) is 52.5 Å². The molecule has 0 spiro atoms. The van der Waals surface area contributed by atoms with Crippen molar-refractivity contribution in [1.29, 1.82) is 0 Å². The highest BCUT2D eigenvalue weighted by atomic mass is 79.9. The van der Waals surface area contributed by atoms with Crippen LogP contribution in [0.2, 0.25) is 0 Å². The first-order valence-electron chi connectivity index (χ1n) is 11.5. The van der Waals surface area contributed by atoms with E-state index in [0.717, 1.165) is 54.2 Å². The second-order valence-corrected chi connectivity index (χ2v) is 9.11. The molecule has 3 N–H and O–H groups in total. The second-order valence-electron chi connectivity index (χ2n) is 8.19. The predicted molar refractivity (Wildman–Crippen MR) is 130 cm³/mol. The molecule has 0 aliphatic carbocycles. The lowest BCUT2D eigenvalue weighted by Gasteiger charge is -2.38. The molecule has 0 unspecified atom stereocenters. The summed E-state index contributed by atoms with van der Waals surface area (Å²) in [6, 6.07) is 18.5. The number of aliphatic hydroxyl groups is 2. The minimum absolute atomic E-state index is 0.0415. The van der Waals surface area contributed by atoms with Crippen LogP contribution in [0.15, 0.2) is 59.1 Å². The van der Waals surface area contributed by atoms with Crippen LogP contribution in [0.4, 0.5) is 0 Å². The molecule has 2 aromatic rings. The number of nitrogens with one attached hydrogen (secondary N) is 1. The van der Waals surface area contributed by atoms with Crippen LogP contribution in [0.3, 0.4) is 0 Å². The minimum Gasteiger partial charge on any atom is -0.396 e. The number of rotatable bonds is 15. The summed E-state index contributed by atoms with van der Waals surface area (Å²) in [4.78, 5) is 0. The van der Waals surface area contributed by atoms with Crippen molar-refractivity contribution in [3.05, 3.63) is 70.2 Å². The van der Waals surface area contributed by atoms with Gasteiger partial charge >= 0.3 is 0 Å². The zero-order chi connectivity index (χ0) is 21.7. The van der Waals surface area contributed by atoms with E-state index >= 15 is 0 Å². The molecule has 0 bridgehead atoms. The first kappa shape index (κ1) is 25.1. The molecule has 2 aromatic carbocycles. The lowest BCUT2D eigenvalue weighted by Crippen LogP contribution is -2.40. The number of benzene rings is 2. The lowest BCUT2D eigenvalue weighted by molar-refractivity contribution is -0.00409. The van der Waals surface area contributed by atoms with Crippen LogP contribution in [0.5, 0.6) is 0 Å². The van der Waals surface area contributed by atoms with Gasteiger partial charge in [0, 0.05) is 23.5 Å². The lowest BCUT2D eigenvalue weighted by atomic mass is 9.74. The number of aliphatic hydroxyl groups excluding tert-OH is 1. The Hall–Kier alpha value is -1.20. The molecule has 3 nitrogen and oxygen atoms in total. The zero-order valence-electron chi connectivity index (χ0n) is 18.3. The van der Waals surface area contributed by atoms with Crippen LogP contribution in [0.25, 0.3) is 0 Å². The maximum atomic E-state index is 12.2. The number of hydrogen-bond acceptors (Lipinski definition) is 3. The van der Waals surface area contributed by atoms with E-state index in [4.69, 9.17) is 5.11 Å². The SMILES string of the molecule is CCCCCCC[C@](O)(c1ccc(Br)cc1)[C@H](CNCCCCO)c1ccccc1. The van der Waals surface area contributed by atoms with Gasteiger partial charge in [-0.15, -0.1) is 0 Å². The third-order valence-electron chi connectivity index (χ3n) is 5.89. The van der Waals surface area contributed by atoms with Crippen molar-refractivity contribution in [1.82, 2.24) is 5.32 Å². The summed E-state index contributed by atoms with van der Waals surface area (Å²) >= 11 is 3.53. The molecule has 0 radical (unpaired) electrons. The van der Waals surface area contributed by atoms with Crippen LogP contribution >= 0.6 is 15.9 Å². The van der Waals surface area contributed by atoms with Gasteiger partial charge in [-0.3, -0.25) is 0 Å². The largest absolute Gasteiger partial charge is 0.396 e. The van der Waals surface area contributed by atoms with Gasteiger partial charge in [-0.2, -0.15) is 0 Å². The highest BCUT2D eigenvalue weighted by Crippen LogP contribution is 2.41. The number of unbranched alkanes of at least 4 members (excludes halogenated alkanes) is 5. The van der Waals surface area contributed by atoms with Gasteiger partial charge in [0.25, 0.3) is 0 Å². The summed E-state index contributed by atoms with van der Waals surface area (Å²) in [5, 5.41) is 24.7. The summed E-state index contributed by atoms with van der Waals surface area (Å²) < 4.78 is 1.02. The van der Waals surface area contributed by atoms with E-state index in [0.29, 0.717) is 6.54 Å². The van der Waals surface area contributed by atoms with Crippen LogP contribution in [0.1, 0.15) is 75.3 Å². The Bertz CT molecular complexity index is 692. The quantitative estimate of drug-likeness (QED) is 0.271. The molecule has 0 fully saturated rings. The van der Waals surface area contributed by atoms with E-state index in [9.17, 15) is 5.11 Å². The van der Waals surface area contributed by atoms with E-state index in [-0.39, 0.29) is 12.5 Å². The normalized spacial score (nSPS) is 14.4. The number of hydrogen-bond donors (Lipinski definition) is 3. The molecule has 0 saturated heterocycles. The fourth-order valence-corrected chi connectivity index (χ4v) is 4.38. The Morgan fingerprint density at radius 2 is 1.60 bits per heavy atom. The maximum absolute atomic E-state index is 12.2. The molecule has 0 heterocycles. The molecule has 0 amide bonds. The van der Waals surface area contributed by atoms with Gasteiger partial charge in [-0.25, -0.2) is 0 Å². The van der Waals surface area contributed by atoms with Crippen molar-refractivity contribution in [3.8, 4) is 0 Å². The van der Waals surface area contributed by atoms with Gasteiger partial charge in [-0.1, -0.05) is 97.4 Å². The molecule has 0 aliphatic rings. The first-order valence-corrected chi connectivity index (χ1v) is 12.3. The fourth-order valence-electron chi connectivity index (χ4n) is 4.11.